The Kier molecular flexibility index (Phi) is 6.38. The van der Waals surface area contributed by atoms with E-state index in [2.05, 4.69) is 27.8 Å². The van der Waals surface area contributed by atoms with Gasteiger partial charge in [0, 0.05) is 36.4 Å². The zero-order chi connectivity index (χ0) is 16.8. The summed E-state index contributed by atoms with van der Waals surface area (Å²) in [6.07, 6.45) is 0. The number of nitrogens with zero attached hydrogens (tertiary/aromatic N) is 1. The van der Waals surface area contributed by atoms with E-state index in [1.54, 1.807) is 18.2 Å². The van der Waals surface area contributed by atoms with Crippen molar-refractivity contribution in [2.24, 2.45) is 0 Å². The highest BCUT2D eigenvalue weighted by atomic mass is 35.5. The molecule has 2 amide bonds. The molecular formula is C16H23ClN4O2. The van der Waals surface area contributed by atoms with Crippen molar-refractivity contribution in [2.45, 2.75) is 19.9 Å². The molecule has 1 aliphatic heterocycles. The second-order valence-corrected chi connectivity index (χ2v) is 6.17. The van der Waals surface area contributed by atoms with Crippen molar-refractivity contribution in [3.8, 4) is 0 Å². The number of carbonyl (C=O) groups is 2. The fraction of sp³-hybridized carbons (Fsp3) is 0.500. The van der Waals surface area contributed by atoms with Crippen LogP contribution in [0.25, 0.3) is 0 Å². The molecule has 0 spiro atoms. The normalized spacial score (nSPS) is 18.5. The Morgan fingerprint density at radius 3 is 2.91 bits per heavy atom. The molecule has 2 rings (SSSR count). The summed E-state index contributed by atoms with van der Waals surface area (Å²) in [6, 6.07) is 5.64. The first-order chi connectivity index (χ1) is 11.0. The van der Waals surface area contributed by atoms with E-state index >= 15 is 0 Å². The first-order valence-electron chi connectivity index (χ1n) is 7.74. The third kappa shape index (κ3) is 5.20. The zero-order valence-corrected chi connectivity index (χ0v) is 14.2. The number of hydrogen-bond acceptors (Lipinski definition) is 4. The van der Waals surface area contributed by atoms with Crippen LogP contribution in [-0.2, 0) is 9.59 Å². The molecule has 6 nitrogen and oxygen atoms in total. The van der Waals surface area contributed by atoms with Crippen molar-refractivity contribution in [1.29, 1.82) is 0 Å². The lowest BCUT2D eigenvalue weighted by atomic mass is 10.2. The van der Waals surface area contributed by atoms with Crippen LogP contribution in [-0.4, -0.2) is 55.5 Å². The highest BCUT2D eigenvalue weighted by molar-refractivity contribution is 6.31. The number of piperazine rings is 1. The monoisotopic (exact) mass is 338 g/mol. The van der Waals surface area contributed by atoms with E-state index in [1.807, 2.05) is 6.92 Å². The molecule has 126 valence electrons. The zero-order valence-electron chi connectivity index (χ0n) is 13.5. The quantitative estimate of drug-likeness (QED) is 0.749. The Bertz CT molecular complexity index is 579. The molecule has 1 aliphatic rings. The minimum absolute atomic E-state index is 0.0503. The largest absolute Gasteiger partial charge is 0.346 e. The standard InChI is InChI=1S/C16H23ClN4O2/c1-11-8-18-6-7-21(11)10-16(23)19-9-15(22)20-14-5-3-4-13(17)12(14)2/h3-5,11,18H,6-10H2,1-2H3,(H,19,23)(H,20,22)/t11-/m1/s1. The molecule has 0 unspecified atom stereocenters. The van der Waals surface area contributed by atoms with Crippen LogP contribution in [0.4, 0.5) is 5.69 Å². The van der Waals surface area contributed by atoms with Crippen molar-refractivity contribution >= 4 is 29.1 Å². The Balaban J connectivity index is 1.77. The Morgan fingerprint density at radius 1 is 1.39 bits per heavy atom. The SMILES string of the molecule is Cc1c(Cl)cccc1NC(=O)CNC(=O)CN1CCNC[C@H]1C. The molecule has 1 saturated heterocycles. The molecule has 3 N–H and O–H groups in total. The summed E-state index contributed by atoms with van der Waals surface area (Å²) in [4.78, 5) is 26.0. The lowest BCUT2D eigenvalue weighted by Gasteiger charge is -2.33. The van der Waals surface area contributed by atoms with Gasteiger partial charge in [-0.15, -0.1) is 0 Å². The van der Waals surface area contributed by atoms with E-state index in [1.165, 1.54) is 0 Å². The van der Waals surface area contributed by atoms with Crippen molar-refractivity contribution in [1.82, 2.24) is 15.5 Å². The molecule has 1 atom stereocenters. The predicted molar refractivity (Wildman–Crippen MR) is 91.7 cm³/mol. The maximum absolute atomic E-state index is 12.0. The number of halogens is 1. The molecule has 1 aromatic carbocycles. The second-order valence-electron chi connectivity index (χ2n) is 5.76. The lowest BCUT2D eigenvalue weighted by Crippen LogP contribution is -2.53. The van der Waals surface area contributed by atoms with Gasteiger partial charge in [0.25, 0.3) is 0 Å². The molecule has 23 heavy (non-hydrogen) atoms. The molecule has 1 fully saturated rings. The van der Waals surface area contributed by atoms with Gasteiger partial charge in [-0.3, -0.25) is 14.5 Å². The minimum Gasteiger partial charge on any atom is -0.346 e. The van der Waals surface area contributed by atoms with Gasteiger partial charge in [-0.05, 0) is 31.5 Å². The van der Waals surface area contributed by atoms with Gasteiger partial charge in [0.05, 0.1) is 13.1 Å². The van der Waals surface area contributed by atoms with E-state index in [9.17, 15) is 9.59 Å². The van der Waals surface area contributed by atoms with Crippen LogP contribution in [0.1, 0.15) is 12.5 Å². The van der Waals surface area contributed by atoms with E-state index in [4.69, 9.17) is 11.6 Å². The van der Waals surface area contributed by atoms with E-state index in [0.717, 1.165) is 25.2 Å². The average Bonchev–Trinajstić information content (AvgIpc) is 2.52. The van der Waals surface area contributed by atoms with Crippen LogP contribution >= 0.6 is 11.6 Å². The number of benzene rings is 1. The highest BCUT2D eigenvalue weighted by Crippen LogP contribution is 2.22. The second kappa shape index (κ2) is 8.29. The maximum atomic E-state index is 12.0. The van der Waals surface area contributed by atoms with Gasteiger partial charge in [-0.25, -0.2) is 0 Å². The fourth-order valence-electron chi connectivity index (χ4n) is 2.47. The molecule has 0 aliphatic carbocycles. The van der Waals surface area contributed by atoms with Crippen LogP contribution < -0.4 is 16.0 Å². The van der Waals surface area contributed by atoms with E-state index in [0.29, 0.717) is 23.3 Å². The fourth-order valence-corrected chi connectivity index (χ4v) is 2.65. The summed E-state index contributed by atoms with van der Waals surface area (Å²) in [5.74, 6) is -0.409. The van der Waals surface area contributed by atoms with Gasteiger partial charge < -0.3 is 16.0 Å². The van der Waals surface area contributed by atoms with Gasteiger partial charge in [-0.1, -0.05) is 17.7 Å². The molecule has 7 heteroatoms. The summed E-state index contributed by atoms with van der Waals surface area (Å²) >= 11 is 6.02. The van der Waals surface area contributed by atoms with Crippen LogP contribution in [0.15, 0.2) is 18.2 Å². The van der Waals surface area contributed by atoms with Gasteiger partial charge in [0.2, 0.25) is 11.8 Å². The maximum Gasteiger partial charge on any atom is 0.243 e. The van der Waals surface area contributed by atoms with Gasteiger partial charge in [0.15, 0.2) is 0 Å². The average molecular weight is 339 g/mol. The first-order valence-corrected chi connectivity index (χ1v) is 8.11. The molecular weight excluding hydrogens is 316 g/mol. The van der Waals surface area contributed by atoms with E-state index < -0.39 is 0 Å². The minimum atomic E-state index is -0.267. The summed E-state index contributed by atoms with van der Waals surface area (Å²) in [5, 5.41) is 9.29. The number of nitrogens with one attached hydrogen (secondary N) is 3. The summed E-state index contributed by atoms with van der Waals surface area (Å²) in [7, 11) is 0. The molecule has 0 bridgehead atoms. The third-order valence-corrected chi connectivity index (χ3v) is 4.38. The summed E-state index contributed by atoms with van der Waals surface area (Å²) in [5.41, 5.74) is 1.47. The van der Waals surface area contributed by atoms with Crippen molar-refractivity contribution in [3.63, 3.8) is 0 Å². The third-order valence-electron chi connectivity index (χ3n) is 3.97. The summed E-state index contributed by atoms with van der Waals surface area (Å²) in [6.45, 7) is 6.77. The molecule has 0 saturated carbocycles. The van der Waals surface area contributed by atoms with Crippen molar-refractivity contribution in [2.75, 3.05) is 38.0 Å². The van der Waals surface area contributed by atoms with E-state index in [-0.39, 0.29) is 18.4 Å². The Labute approximate surface area is 141 Å². The van der Waals surface area contributed by atoms with Gasteiger partial charge in [-0.2, -0.15) is 0 Å². The number of amides is 2. The molecule has 0 aromatic heterocycles. The van der Waals surface area contributed by atoms with Crippen molar-refractivity contribution < 1.29 is 9.59 Å². The van der Waals surface area contributed by atoms with Crippen LogP contribution in [0.2, 0.25) is 5.02 Å². The smallest absolute Gasteiger partial charge is 0.243 e. The summed E-state index contributed by atoms with van der Waals surface area (Å²) < 4.78 is 0. The number of rotatable bonds is 5. The van der Waals surface area contributed by atoms with Crippen molar-refractivity contribution in [3.05, 3.63) is 28.8 Å². The Morgan fingerprint density at radius 2 is 2.17 bits per heavy atom. The van der Waals surface area contributed by atoms with Crippen LogP contribution in [0.5, 0.6) is 0 Å². The van der Waals surface area contributed by atoms with Crippen LogP contribution in [0, 0.1) is 6.92 Å². The number of carbonyl (C=O) groups excluding carboxylic acids is 2. The van der Waals surface area contributed by atoms with Gasteiger partial charge >= 0.3 is 0 Å². The topological polar surface area (TPSA) is 73.5 Å². The van der Waals surface area contributed by atoms with Crippen LogP contribution in [0.3, 0.4) is 0 Å². The first kappa shape index (κ1) is 17.7. The van der Waals surface area contributed by atoms with Gasteiger partial charge in [0.1, 0.15) is 0 Å². The lowest BCUT2D eigenvalue weighted by molar-refractivity contribution is -0.125. The predicted octanol–water partition coefficient (Wildman–Crippen LogP) is 0.997. The molecule has 1 heterocycles. The number of hydrogen-bond donors (Lipinski definition) is 3. The molecule has 1 aromatic rings. The highest BCUT2D eigenvalue weighted by Gasteiger charge is 2.20. The Hall–Kier alpha value is -1.63. The number of anilines is 1. The molecule has 0 radical (unpaired) electrons.